The van der Waals surface area contributed by atoms with E-state index >= 15 is 0 Å². The van der Waals surface area contributed by atoms with E-state index in [4.69, 9.17) is 5.73 Å². The van der Waals surface area contributed by atoms with Gasteiger partial charge in [0, 0.05) is 17.6 Å². The van der Waals surface area contributed by atoms with Crippen molar-refractivity contribution in [2.24, 2.45) is 0 Å². The molecule has 0 amide bonds. The molecule has 0 bridgehead atoms. The Labute approximate surface area is 102 Å². The second-order valence-electron chi connectivity index (χ2n) is 3.07. The van der Waals surface area contributed by atoms with E-state index < -0.39 is 10.0 Å². The zero-order chi connectivity index (χ0) is 12.3. The van der Waals surface area contributed by atoms with Crippen LogP contribution in [0.4, 0.5) is 5.95 Å². The van der Waals surface area contributed by atoms with Crippen LogP contribution in [-0.4, -0.2) is 23.4 Å². The minimum atomic E-state index is -3.60. The van der Waals surface area contributed by atoms with E-state index in [0.29, 0.717) is 0 Å². The highest BCUT2D eigenvalue weighted by Crippen LogP contribution is 2.09. The van der Waals surface area contributed by atoms with Crippen molar-refractivity contribution in [3.8, 4) is 0 Å². The number of nitrogens with zero attached hydrogens (tertiary/aromatic N) is 3. The zero-order valence-corrected chi connectivity index (χ0v) is 10.2. The molecule has 0 spiro atoms. The summed E-state index contributed by atoms with van der Waals surface area (Å²) in [7, 11) is -3.60. The second-order valence-corrected chi connectivity index (χ2v) is 5.81. The van der Waals surface area contributed by atoms with E-state index in [2.05, 4.69) is 19.7 Å². The van der Waals surface area contributed by atoms with Crippen molar-refractivity contribution in [1.29, 1.82) is 0 Å². The van der Waals surface area contributed by atoms with Gasteiger partial charge in [0.25, 0.3) is 0 Å². The molecule has 0 fully saturated rings. The molecule has 2 aromatic heterocycles. The van der Waals surface area contributed by atoms with Gasteiger partial charge < -0.3 is 5.73 Å². The first kappa shape index (κ1) is 11.9. The average molecular weight is 271 g/mol. The van der Waals surface area contributed by atoms with Gasteiger partial charge in [-0.05, 0) is 0 Å². The van der Waals surface area contributed by atoms with Gasteiger partial charge in [-0.25, -0.2) is 23.1 Å². The summed E-state index contributed by atoms with van der Waals surface area (Å²) in [6, 6.07) is 0. The largest absolute Gasteiger partial charge is 0.368 e. The van der Waals surface area contributed by atoms with E-state index in [1.54, 1.807) is 11.7 Å². The van der Waals surface area contributed by atoms with Crippen LogP contribution >= 0.6 is 11.3 Å². The van der Waals surface area contributed by atoms with E-state index in [-0.39, 0.29) is 17.4 Å². The average Bonchev–Trinajstić information content (AvgIpc) is 2.80. The summed E-state index contributed by atoms with van der Waals surface area (Å²) in [5.74, 6) is 0.0337. The molecular formula is C8H9N5O2S2. The molecule has 7 nitrogen and oxygen atoms in total. The van der Waals surface area contributed by atoms with Crippen LogP contribution in [-0.2, 0) is 16.6 Å². The molecule has 2 rings (SSSR count). The number of anilines is 1. The Morgan fingerprint density at radius 1 is 1.29 bits per heavy atom. The highest BCUT2D eigenvalue weighted by atomic mass is 32.2. The lowest BCUT2D eigenvalue weighted by Gasteiger charge is -2.04. The van der Waals surface area contributed by atoms with Crippen molar-refractivity contribution in [3.63, 3.8) is 0 Å². The molecule has 0 aromatic carbocycles. The van der Waals surface area contributed by atoms with E-state index in [0.717, 1.165) is 17.3 Å². The summed E-state index contributed by atoms with van der Waals surface area (Å²) in [6.45, 7) is 0.192. The van der Waals surface area contributed by atoms with Crippen LogP contribution in [0, 0.1) is 0 Å². The minimum Gasteiger partial charge on any atom is -0.368 e. The molecule has 3 N–H and O–H groups in total. The Kier molecular flexibility index (Phi) is 3.31. The van der Waals surface area contributed by atoms with Crippen LogP contribution in [0.1, 0.15) is 4.88 Å². The molecule has 0 aliphatic rings. The molecule has 9 heteroatoms. The third-order valence-electron chi connectivity index (χ3n) is 1.88. The molecule has 0 aliphatic carbocycles. The lowest BCUT2D eigenvalue weighted by atomic mass is 10.6. The molecule has 0 radical (unpaired) electrons. The SMILES string of the molecule is Nc1ncc(S(=O)(=O)NCc2cncs2)cn1. The molecule has 2 heterocycles. The molecule has 0 saturated carbocycles. The normalized spacial score (nSPS) is 11.5. The third kappa shape index (κ3) is 2.96. The Morgan fingerprint density at radius 2 is 2.00 bits per heavy atom. The maximum absolute atomic E-state index is 11.8. The van der Waals surface area contributed by atoms with Crippen molar-refractivity contribution in [1.82, 2.24) is 19.7 Å². The quantitative estimate of drug-likeness (QED) is 0.809. The van der Waals surface area contributed by atoms with Crippen molar-refractivity contribution < 1.29 is 8.42 Å². The van der Waals surface area contributed by atoms with Crippen LogP contribution in [0.15, 0.2) is 29.0 Å². The Bertz CT molecular complexity index is 579. The van der Waals surface area contributed by atoms with Gasteiger partial charge in [0.05, 0.1) is 17.9 Å². The number of nitrogens with two attached hydrogens (primary N) is 1. The van der Waals surface area contributed by atoms with E-state index in [9.17, 15) is 8.42 Å². The fraction of sp³-hybridized carbons (Fsp3) is 0.125. The molecule has 0 aliphatic heterocycles. The van der Waals surface area contributed by atoms with Gasteiger partial charge in [-0.1, -0.05) is 0 Å². The second kappa shape index (κ2) is 4.73. The minimum absolute atomic E-state index is 0.0174. The van der Waals surface area contributed by atoms with Gasteiger partial charge in [-0.3, -0.25) is 4.98 Å². The molecular weight excluding hydrogens is 262 g/mol. The van der Waals surface area contributed by atoms with Gasteiger partial charge >= 0.3 is 0 Å². The van der Waals surface area contributed by atoms with Gasteiger partial charge in [-0.15, -0.1) is 11.3 Å². The predicted octanol–water partition coefficient (Wildman–Crippen LogP) is -0.00620. The molecule has 17 heavy (non-hydrogen) atoms. The van der Waals surface area contributed by atoms with Crippen molar-refractivity contribution in [2.75, 3.05) is 5.73 Å². The highest BCUT2D eigenvalue weighted by molar-refractivity contribution is 7.89. The number of nitrogen functional groups attached to an aromatic ring is 1. The molecule has 90 valence electrons. The standard InChI is InChI=1S/C8H9N5O2S2/c9-8-11-3-7(4-12-8)17(14,15)13-2-6-1-10-5-16-6/h1,3-5,13H,2H2,(H2,9,11,12). The molecule has 0 saturated heterocycles. The first-order valence-corrected chi connectivity index (χ1v) is 6.89. The lowest BCUT2D eigenvalue weighted by Crippen LogP contribution is -2.23. The highest BCUT2D eigenvalue weighted by Gasteiger charge is 2.14. The molecule has 0 unspecified atom stereocenters. The summed E-state index contributed by atoms with van der Waals surface area (Å²) in [5.41, 5.74) is 6.91. The number of thiazole rings is 1. The first-order valence-electron chi connectivity index (χ1n) is 4.52. The van der Waals surface area contributed by atoms with Crippen molar-refractivity contribution in [2.45, 2.75) is 11.4 Å². The summed E-state index contributed by atoms with van der Waals surface area (Å²) >= 11 is 1.37. The molecule has 0 atom stereocenters. The van der Waals surface area contributed by atoms with Crippen LogP contribution in [0.3, 0.4) is 0 Å². The first-order chi connectivity index (χ1) is 8.08. The Morgan fingerprint density at radius 3 is 2.59 bits per heavy atom. The van der Waals surface area contributed by atoms with Crippen LogP contribution in [0.2, 0.25) is 0 Å². The van der Waals surface area contributed by atoms with Gasteiger partial charge in [0.1, 0.15) is 4.90 Å². The fourth-order valence-corrected chi connectivity index (χ4v) is 2.56. The number of aromatic nitrogens is 3. The number of hydrogen-bond acceptors (Lipinski definition) is 7. The smallest absolute Gasteiger partial charge is 0.243 e. The zero-order valence-electron chi connectivity index (χ0n) is 8.57. The topological polar surface area (TPSA) is 111 Å². The number of hydrogen-bond donors (Lipinski definition) is 2. The maximum Gasteiger partial charge on any atom is 0.243 e. The fourth-order valence-electron chi connectivity index (χ4n) is 1.04. The van der Waals surface area contributed by atoms with Crippen molar-refractivity contribution >= 4 is 27.3 Å². The van der Waals surface area contributed by atoms with Crippen LogP contribution in [0.25, 0.3) is 0 Å². The number of sulfonamides is 1. The monoisotopic (exact) mass is 271 g/mol. The maximum atomic E-state index is 11.8. The van der Waals surface area contributed by atoms with Gasteiger partial charge in [-0.2, -0.15) is 0 Å². The van der Waals surface area contributed by atoms with Crippen LogP contribution < -0.4 is 10.5 Å². The van der Waals surface area contributed by atoms with Crippen LogP contribution in [0.5, 0.6) is 0 Å². The van der Waals surface area contributed by atoms with Gasteiger partial charge in [0.2, 0.25) is 16.0 Å². The third-order valence-corrected chi connectivity index (χ3v) is 4.01. The predicted molar refractivity (Wildman–Crippen MR) is 62.6 cm³/mol. The van der Waals surface area contributed by atoms with E-state index in [1.165, 1.54) is 11.3 Å². The molecule has 2 aromatic rings. The lowest BCUT2D eigenvalue weighted by molar-refractivity contribution is 0.581. The number of nitrogens with one attached hydrogen (secondary N) is 1. The Balaban J connectivity index is 2.11. The Hall–Kier alpha value is -1.58. The summed E-state index contributed by atoms with van der Waals surface area (Å²) in [6.07, 6.45) is 3.93. The van der Waals surface area contributed by atoms with Crippen molar-refractivity contribution in [3.05, 3.63) is 29.0 Å². The van der Waals surface area contributed by atoms with E-state index in [1.807, 2.05) is 0 Å². The summed E-state index contributed by atoms with van der Waals surface area (Å²) in [4.78, 5) is 11.9. The summed E-state index contributed by atoms with van der Waals surface area (Å²) < 4.78 is 26.0. The van der Waals surface area contributed by atoms with Gasteiger partial charge in [0.15, 0.2) is 0 Å². The number of rotatable bonds is 4. The summed E-state index contributed by atoms with van der Waals surface area (Å²) in [5, 5.41) is 0.